The van der Waals surface area contributed by atoms with Gasteiger partial charge in [-0.3, -0.25) is 9.36 Å². The van der Waals surface area contributed by atoms with Gasteiger partial charge in [0.15, 0.2) is 23.2 Å². The van der Waals surface area contributed by atoms with Crippen LogP contribution < -0.4 is 5.32 Å². The number of imidazole rings is 1. The van der Waals surface area contributed by atoms with Gasteiger partial charge in [0.2, 0.25) is 0 Å². The molecule has 2 aromatic heterocycles. The predicted molar refractivity (Wildman–Crippen MR) is 163 cm³/mol. The van der Waals surface area contributed by atoms with Crippen LogP contribution >= 0.6 is 8.53 Å². The molecular formula is C30H38N7O5P. The predicted octanol–water partition coefficient (Wildman–Crippen LogP) is 5.07. The lowest BCUT2D eigenvalue weighted by molar-refractivity contribution is -0.0573. The molecule has 1 aliphatic heterocycles. The average molecular weight is 608 g/mol. The topological polar surface area (TPSA) is 137 Å². The molecule has 13 heteroatoms. The van der Waals surface area contributed by atoms with Crippen molar-refractivity contribution in [2.75, 3.05) is 18.5 Å². The van der Waals surface area contributed by atoms with Gasteiger partial charge in [0.25, 0.3) is 14.4 Å². The number of amides is 1. The highest BCUT2D eigenvalue weighted by Crippen LogP contribution is 2.51. The zero-order chi connectivity index (χ0) is 30.9. The molecule has 2 unspecified atom stereocenters. The fourth-order valence-electron chi connectivity index (χ4n) is 5.01. The van der Waals surface area contributed by atoms with Crippen LogP contribution in [0.2, 0.25) is 0 Å². The molecule has 0 bridgehead atoms. The number of anilines is 1. The molecule has 0 aliphatic carbocycles. The summed E-state index contributed by atoms with van der Waals surface area (Å²) in [4.78, 5) is 26.1. The number of nitrogens with zero attached hydrogens (tertiary/aromatic N) is 6. The first-order chi connectivity index (χ1) is 20.8. The Morgan fingerprint density at radius 3 is 2.58 bits per heavy atom. The zero-order valence-corrected chi connectivity index (χ0v) is 26.0. The minimum absolute atomic E-state index is 0.0338. The molecule has 1 saturated heterocycles. The number of nitriles is 1. The number of hydrogen-bond acceptors (Lipinski definition) is 10. The summed E-state index contributed by atoms with van der Waals surface area (Å²) in [6.45, 7) is 10.6. The Balaban J connectivity index is 1.67. The van der Waals surface area contributed by atoms with E-state index >= 15 is 0 Å². The molecule has 43 heavy (non-hydrogen) atoms. The van der Waals surface area contributed by atoms with Gasteiger partial charge in [0, 0.05) is 17.6 Å². The summed E-state index contributed by atoms with van der Waals surface area (Å²) >= 11 is 0. The largest absolute Gasteiger partial charge is 0.358 e. The van der Waals surface area contributed by atoms with Crippen molar-refractivity contribution < 1.29 is 23.3 Å². The van der Waals surface area contributed by atoms with Gasteiger partial charge in [0.1, 0.15) is 25.1 Å². The third-order valence-corrected chi connectivity index (χ3v) is 8.95. The van der Waals surface area contributed by atoms with E-state index in [4.69, 9.17) is 30.2 Å². The van der Waals surface area contributed by atoms with E-state index in [2.05, 4.69) is 64.6 Å². The van der Waals surface area contributed by atoms with Crippen molar-refractivity contribution >= 4 is 31.4 Å². The third kappa shape index (κ3) is 7.54. The molecule has 228 valence electrons. The van der Waals surface area contributed by atoms with Crippen molar-refractivity contribution in [3.63, 3.8) is 0 Å². The highest BCUT2D eigenvalue weighted by Gasteiger charge is 2.49. The van der Waals surface area contributed by atoms with Gasteiger partial charge in [-0.05, 0) is 46.2 Å². The van der Waals surface area contributed by atoms with Gasteiger partial charge in [0.05, 0.1) is 31.5 Å². The zero-order valence-electron chi connectivity index (χ0n) is 25.1. The van der Waals surface area contributed by atoms with Gasteiger partial charge in [-0.1, -0.05) is 31.0 Å². The average Bonchev–Trinajstić information content (AvgIpc) is 3.57. The maximum absolute atomic E-state index is 12.8. The second-order valence-corrected chi connectivity index (χ2v) is 11.8. The molecule has 3 heterocycles. The third-order valence-electron chi connectivity index (χ3n) is 6.82. The first-order valence-electron chi connectivity index (χ1n) is 14.3. The lowest BCUT2D eigenvalue weighted by Gasteiger charge is -2.38. The first-order valence-corrected chi connectivity index (χ1v) is 15.4. The van der Waals surface area contributed by atoms with Crippen LogP contribution in [0.1, 0.15) is 64.0 Å². The summed E-state index contributed by atoms with van der Waals surface area (Å²) in [5, 5.41) is 11.9. The van der Waals surface area contributed by atoms with Crippen LogP contribution in [0.3, 0.4) is 0 Å². The molecule has 4 rings (SSSR count). The molecule has 0 radical (unpaired) electrons. The van der Waals surface area contributed by atoms with E-state index in [-0.39, 0.29) is 49.5 Å². The Labute approximate surface area is 253 Å². The van der Waals surface area contributed by atoms with E-state index in [9.17, 15) is 4.79 Å². The van der Waals surface area contributed by atoms with Crippen LogP contribution in [-0.4, -0.2) is 73.7 Å². The van der Waals surface area contributed by atoms with E-state index in [0.29, 0.717) is 23.1 Å². The van der Waals surface area contributed by atoms with E-state index < -0.39 is 27.0 Å². The number of fused-ring (bicyclic) bond motifs is 1. The summed E-state index contributed by atoms with van der Waals surface area (Å²) in [6.07, 6.45) is 7.18. The van der Waals surface area contributed by atoms with E-state index in [1.807, 2.05) is 13.0 Å². The van der Waals surface area contributed by atoms with Gasteiger partial charge in [-0.2, -0.15) is 5.26 Å². The fraction of sp³-hybridized carbons (Fsp3) is 0.500. The lowest BCUT2D eigenvalue weighted by Crippen LogP contribution is -2.40. The van der Waals surface area contributed by atoms with Crippen LogP contribution in [0.15, 0.2) is 43.0 Å². The molecule has 3 aromatic rings. The monoisotopic (exact) mass is 607 g/mol. The smallest absolute Gasteiger partial charge is 0.259 e. The minimum Gasteiger partial charge on any atom is -0.358 e. The number of terminal acetylenes is 1. The number of carbonyl (C=O) groups is 1. The van der Waals surface area contributed by atoms with Crippen LogP contribution in [0.5, 0.6) is 0 Å². The molecule has 0 spiro atoms. The summed E-state index contributed by atoms with van der Waals surface area (Å²) < 4.78 is 29.6. The second-order valence-electron chi connectivity index (χ2n) is 10.4. The van der Waals surface area contributed by atoms with Crippen molar-refractivity contribution in [1.82, 2.24) is 24.2 Å². The van der Waals surface area contributed by atoms with Crippen molar-refractivity contribution in [3.8, 4) is 18.4 Å². The van der Waals surface area contributed by atoms with Crippen LogP contribution in [0.25, 0.3) is 11.2 Å². The molecule has 5 atom stereocenters. The molecule has 1 amide bonds. The van der Waals surface area contributed by atoms with Gasteiger partial charge in [-0.15, -0.1) is 6.42 Å². The molecule has 1 fully saturated rings. The molecular weight excluding hydrogens is 569 g/mol. The fourth-order valence-corrected chi connectivity index (χ4v) is 6.78. The minimum atomic E-state index is -1.58. The van der Waals surface area contributed by atoms with Crippen molar-refractivity contribution in [3.05, 3.63) is 48.5 Å². The Morgan fingerprint density at radius 2 is 1.93 bits per heavy atom. The standard InChI is InChI=1S/C30H38N7O5P/c1-7-16-39-26-25(42-43(40-17-12-15-31)37(20(3)4)21(5)6)23(8-2)41-30(26)36-19-34-24-27(32-18-33-28(24)36)35-29(38)22-13-10-9-11-14-22/h1,9-11,13-14,18-21,23,25-26,30H,8,12,16-17H2,2-6H3,(H,32,33,35,38)/t23-,25?,26+,30-,43?/m1/s1. The number of rotatable bonds is 14. The summed E-state index contributed by atoms with van der Waals surface area (Å²) in [5.74, 6) is 2.51. The molecule has 1 N–H and O–H groups in total. The van der Waals surface area contributed by atoms with Crippen molar-refractivity contribution in [1.29, 1.82) is 5.26 Å². The number of benzene rings is 1. The Kier molecular flexibility index (Phi) is 11.5. The van der Waals surface area contributed by atoms with Gasteiger partial charge >= 0.3 is 0 Å². The van der Waals surface area contributed by atoms with Gasteiger partial charge in [-0.25, -0.2) is 19.6 Å². The van der Waals surface area contributed by atoms with Crippen LogP contribution in [0, 0.1) is 23.7 Å². The number of nitrogens with one attached hydrogen (secondary N) is 1. The number of ether oxygens (including phenoxy) is 2. The molecule has 1 aliphatic rings. The van der Waals surface area contributed by atoms with E-state index in [0.717, 1.165) is 0 Å². The summed E-state index contributed by atoms with van der Waals surface area (Å²) in [5.41, 5.74) is 1.34. The maximum Gasteiger partial charge on any atom is 0.259 e. The van der Waals surface area contributed by atoms with Crippen LogP contribution in [0.4, 0.5) is 5.82 Å². The number of hydrogen-bond donors (Lipinski definition) is 1. The Morgan fingerprint density at radius 1 is 1.19 bits per heavy atom. The Bertz CT molecular complexity index is 1430. The van der Waals surface area contributed by atoms with Crippen molar-refractivity contribution in [2.24, 2.45) is 0 Å². The van der Waals surface area contributed by atoms with E-state index in [1.54, 1.807) is 35.2 Å². The van der Waals surface area contributed by atoms with Crippen LogP contribution in [-0.2, 0) is 18.5 Å². The number of carbonyl (C=O) groups excluding carboxylic acids is 1. The highest BCUT2D eigenvalue weighted by atomic mass is 31.2. The SMILES string of the molecule is C#CCO[C@H]1C(OP(OCCC#N)N(C(C)C)C(C)C)[C@@H](CC)O[C@H]1n1cnc2c(NC(=O)c3ccccc3)ncnc21. The highest BCUT2D eigenvalue weighted by molar-refractivity contribution is 7.44. The quantitative estimate of drug-likeness (QED) is 0.150. The first kappa shape index (κ1) is 32.4. The summed E-state index contributed by atoms with van der Waals surface area (Å²) in [6, 6.07) is 11.2. The molecule has 1 aromatic carbocycles. The summed E-state index contributed by atoms with van der Waals surface area (Å²) in [7, 11) is -1.58. The van der Waals surface area contributed by atoms with Gasteiger partial charge < -0.3 is 23.8 Å². The lowest BCUT2D eigenvalue weighted by atomic mass is 10.1. The normalized spacial score (nSPS) is 20.9. The number of aromatic nitrogens is 4. The van der Waals surface area contributed by atoms with Crippen molar-refractivity contribution in [2.45, 2.75) is 84.1 Å². The molecule has 0 saturated carbocycles. The Hall–Kier alpha value is -3.48. The second kappa shape index (κ2) is 15.3. The maximum atomic E-state index is 12.8. The molecule has 12 nitrogen and oxygen atoms in total. The van der Waals surface area contributed by atoms with E-state index in [1.165, 1.54) is 6.33 Å².